The number of hydrogen-bond donors (Lipinski definition) is 3. The minimum Gasteiger partial charge on any atom is -0.392 e. The Morgan fingerprint density at radius 2 is 1.69 bits per heavy atom. The minimum atomic E-state index is -0.782. The van der Waals surface area contributed by atoms with E-state index in [1.165, 1.54) is 0 Å². The number of aliphatic hydroxyl groups is 1. The molecule has 2 amide bonds. The number of rotatable bonds is 6. The second kappa shape index (κ2) is 8.76. The molecule has 0 spiro atoms. The third-order valence-electron chi connectivity index (χ3n) is 5.49. The van der Waals surface area contributed by atoms with Gasteiger partial charge in [-0.25, -0.2) is 0 Å². The Morgan fingerprint density at radius 1 is 1.07 bits per heavy atom. The molecule has 3 unspecified atom stereocenters. The Hall–Kier alpha value is -2.70. The van der Waals surface area contributed by atoms with Crippen LogP contribution in [0.3, 0.4) is 0 Å². The van der Waals surface area contributed by atoms with Gasteiger partial charge in [-0.1, -0.05) is 56.3 Å². The molecule has 1 aliphatic rings. The van der Waals surface area contributed by atoms with Crippen LogP contribution in [0.5, 0.6) is 0 Å². The van der Waals surface area contributed by atoms with E-state index in [2.05, 4.69) is 10.6 Å². The van der Waals surface area contributed by atoms with Crippen LogP contribution in [0.2, 0.25) is 0 Å². The maximum Gasteiger partial charge on any atom is 0.253 e. The van der Waals surface area contributed by atoms with Crippen LogP contribution in [0.1, 0.15) is 32.4 Å². The maximum atomic E-state index is 13.2. The zero-order valence-electron chi connectivity index (χ0n) is 17.3. The molecular weight excluding hydrogens is 366 g/mol. The van der Waals surface area contributed by atoms with Crippen LogP contribution in [-0.2, 0) is 9.59 Å². The number of fused-ring (bicyclic) bond motifs is 3. The zero-order chi connectivity index (χ0) is 21.1. The number of nitrogens with zero attached hydrogens (tertiary/aromatic N) is 1. The molecule has 29 heavy (non-hydrogen) atoms. The van der Waals surface area contributed by atoms with Crippen molar-refractivity contribution in [1.29, 1.82) is 0 Å². The van der Waals surface area contributed by atoms with Gasteiger partial charge in [-0.3, -0.25) is 9.59 Å². The molecular formula is C23H29N3O3. The van der Waals surface area contributed by atoms with E-state index in [9.17, 15) is 14.7 Å². The van der Waals surface area contributed by atoms with Crippen molar-refractivity contribution < 1.29 is 14.7 Å². The van der Waals surface area contributed by atoms with Gasteiger partial charge < -0.3 is 20.6 Å². The van der Waals surface area contributed by atoms with Crippen molar-refractivity contribution in [3.63, 3.8) is 0 Å². The summed E-state index contributed by atoms with van der Waals surface area (Å²) >= 11 is 0. The molecule has 0 radical (unpaired) electrons. The van der Waals surface area contributed by atoms with E-state index in [4.69, 9.17) is 0 Å². The second-order valence-electron chi connectivity index (χ2n) is 7.88. The average molecular weight is 396 g/mol. The lowest BCUT2D eigenvalue weighted by Gasteiger charge is -2.25. The van der Waals surface area contributed by atoms with Crippen LogP contribution >= 0.6 is 0 Å². The van der Waals surface area contributed by atoms with Gasteiger partial charge in [0.05, 0.1) is 17.8 Å². The number of carbonyl (C=O) groups excluding carboxylic acids is 2. The normalized spacial score (nSPS) is 17.9. The van der Waals surface area contributed by atoms with Gasteiger partial charge in [0.1, 0.15) is 6.04 Å². The third kappa shape index (κ3) is 4.33. The van der Waals surface area contributed by atoms with E-state index < -0.39 is 18.2 Å². The maximum absolute atomic E-state index is 13.2. The number of amides is 2. The monoisotopic (exact) mass is 395 g/mol. The lowest BCUT2D eigenvalue weighted by molar-refractivity contribution is -0.128. The summed E-state index contributed by atoms with van der Waals surface area (Å²) in [5.41, 5.74) is 3.48. The third-order valence-corrected chi connectivity index (χ3v) is 5.49. The molecule has 0 saturated carbocycles. The predicted molar refractivity (Wildman–Crippen MR) is 114 cm³/mol. The summed E-state index contributed by atoms with van der Waals surface area (Å²) in [6, 6.07) is 14.1. The van der Waals surface area contributed by atoms with Crippen molar-refractivity contribution in [2.45, 2.75) is 39.0 Å². The second-order valence-corrected chi connectivity index (χ2v) is 7.88. The molecule has 0 aliphatic carbocycles. The van der Waals surface area contributed by atoms with Crippen molar-refractivity contribution in [3.8, 4) is 11.1 Å². The number of hydrogen-bond acceptors (Lipinski definition) is 4. The fourth-order valence-corrected chi connectivity index (χ4v) is 3.47. The Morgan fingerprint density at radius 3 is 2.38 bits per heavy atom. The molecule has 3 rings (SSSR count). The zero-order valence-corrected chi connectivity index (χ0v) is 17.3. The molecule has 2 aromatic carbocycles. The first kappa shape index (κ1) is 21.0. The van der Waals surface area contributed by atoms with Gasteiger partial charge in [0, 0.05) is 19.2 Å². The number of aliphatic hydroxyl groups excluding tert-OH is 1. The predicted octanol–water partition coefficient (Wildman–Crippen LogP) is 2.48. The summed E-state index contributed by atoms with van der Waals surface area (Å²) in [6.07, 6.45) is -0.536. The molecule has 0 bridgehead atoms. The molecule has 1 aliphatic heterocycles. The van der Waals surface area contributed by atoms with Gasteiger partial charge in [-0.2, -0.15) is 0 Å². The smallest absolute Gasteiger partial charge is 0.253 e. The van der Waals surface area contributed by atoms with Gasteiger partial charge in [-0.05, 0) is 30.0 Å². The topological polar surface area (TPSA) is 81.7 Å². The minimum absolute atomic E-state index is 0.0974. The average Bonchev–Trinajstić information content (AvgIpc) is 2.81. The highest BCUT2D eigenvalue weighted by atomic mass is 16.3. The van der Waals surface area contributed by atoms with Gasteiger partial charge >= 0.3 is 0 Å². The lowest BCUT2D eigenvalue weighted by Crippen LogP contribution is -2.49. The largest absolute Gasteiger partial charge is 0.392 e. The molecule has 0 fully saturated rings. The summed E-state index contributed by atoms with van der Waals surface area (Å²) < 4.78 is 0. The Kier molecular flexibility index (Phi) is 6.35. The van der Waals surface area contributed by atoms with Crippen molar-refractivity contribution in [2.75, 3.05) is 18.5 Å². The number of benzene rings is 2. The Labute approximate surface area is 171 Å². The van der Waals surface area contributed by atoms with E-state index in [0.717, 1.165) is 22.4 Å². The van der Waals surface area contributed by atoms with Gasteiger partial charge in [0.15, 0.2) is 0 Å². The Balaban J connectivity index is 1.86. The first-order valence-electron chi connectivity index (χ1n) is 9.99. The molecule has 0 aromatic heterocycles. The Bertz CT molecular complexity index is 896. The number of likely N-dealkylation sites (N-methyl/N-ethyl adjacent to an activating group) is 1. The highest BCUT2D eigenvalue weighted by molar-refractivity contribution is 6.06. The van der Waals surface area contributed by atoms with Gasteiger partial charge in [0.2, 0.25) is 5.91 Å². The van der Waals surface area contributed by atoms with Crippen LogP contribution in [0, 0.1) is 5.92 Å². The summed E-state index contributed by atoms with van der Waals surface area (Å²) in [5, 5.41) is 15.9. The molecule has 6 heteroatoms. The summed E-state index contributed by atoms with van der Waals surface area (Å²) in [5.74, 6) is -0.376. The fraction of sp³-hybridized carbons (Fsp3) is 0.391. The van der Waals surface area contributed by atoms with Crippen molar-refractivity contribution in [3.05, 3.63) is 54.1 Å². The van der Waals surface area contributed by atoms with Crippen LogP contribution in [0.4, 0.5) is 5.69 Å². The molecule has 3 atom stereocenters. The van der Waals surface area contributed by atoms with Crippen molar-refractivity contribution in [1.82, 2.24) is 10.6 Å². The highest BCUT2D eigenvalue weighted by Gasteiger charge is 2.33. The van der Waals surface area contributed by atoms with Crippen molar-refractivity contribution in [2.24, 2.45) is 5.92 Å². The fourth-order valence-electron chi connectivity index (χ4n) is 3.47. The van der Waals surface area contributed by atoms with Crippen LogP contribution in [0.25, 0.3) is 11.1 Å². The number of carbonyl (C=O) groups is 2. The quantitative estimate of drug-likeness (QED) is 0.702. The van der Waals surface area contributed by atoms with Crippen LogP contribution < -0.4 is 15.5 Å². The van der Waals surface area contributed by atoms with Crippen molar-refractivity contribution >= 4 is 17.5 Å². The van der Waals surface area contributed by atoms with E-state index in [1.54, 1.807) is 18.9 Å². The molecule has 3 N–H and O–H groups in total. The van der Waals surface area contributed by atoms with Crippen LogP contribution in [0.15, 0.2) is 48.5 Å². The van der Waals surface area contributed by atoms with E-state index >= 15 is 0 Å². The standard InChI is InChI=1S/C23H29N3O3/c1-14(2)20(27)13-24-15(3)22(28)25-21-18-11-6-5-9-16(18)17-10-7-8-12-19(17)26(4)23(21)29/h5-12,14-15,20-21,24,27H,13H2,1-4H3,(H,25,28). The highest BCUT2D eigenvalue weighted by Crippen LogP contribution is 2.39. The number of anilines is 1. The van der Waals surface area contributed by atoms with Gasteiger partial charge in [-0.15, -0.1) is 0 Å². The van der Waals surface area contributed by atoms with Crippen LogP contribution in [-0.4, -0.2) is 42.7 Å². The van der Waals surface area contributed by atoms with E-state index in [1.807, 2.05) is 62.4 Å². The van der Waals surface area contributed by atoms with E-state index in [0.29, 0.717) is 6.54 Å². The molecule has 6 nitrogen and oxygen atoms in total. The first-order chi connectivity index (χ1) is 13.8. The summed E-state index contributed by atoms with van der Waals surface area (Å²) in [7, 11) is 1.73. The summed E-state index contributed by atoms with van der Waals surface area (Å²) in [6.45, 7) is 5.89. The SMILES string of the molecule is CC(NCC(O)C(C)C)C(=O)NC1C(=O)N(C)c2ccccc2-c2ccccc21. The van der Waals surface area contributed by atoms with Gasteiger partial charge in [0.25, 0.3) is 5.91 Å². The van der Waals surface area contributed by atoms with E-state index in [-0.39, 0.29) is 17.7 Å². The first-order valence-corrected chi connectivity index (χ1v) is 9.99. The molecule has 0 saturated heterocycles. The number of para-hydroxylation sites is 1. The molecule has 1 heterocycles. The number of nitrogens with one attached hydrogen (secondary N) is 2. The lowest BCUT2D eigenvalue weighted by atomic mass is 9.95. The summed E-state index contributed by atoms with van der Waals surface area (Å²) in [4.78, 5) is 27.6. The molecule has 2 aromatic rings. The molecule has 154 valence electrons.